The van der Waals surface area contributed by atoms with Crippen molar-refractivity contribution in [2.75, 3.05) is 0 Å². The van der Waals surface area contributed by atoms with Crippen molar-refractivity contribution in [3.8, 4) is 0 Å². The monoisotopic (exact) mass is 73.1 g/mol. The molecule has 0 saturated heterocycles. The van der Waals surface area contributed by atoms with Crippen LogP contribution in [0.4, 0.5) is 0 Å². The van der Waals surface area contributed by atoms with Crippen LogP contribution >= 0.6 is 0 Å². The molecule has 0 aliphatic rings. The molecule has 0 saturated carbocycles. The third kappa shape index (κ3) is 3.96. The maximum Gasteiger partial charge on any atom is 0.0512 e. The van der Waals surface area contributed by atoms with Gasteiger partial charge in [-0.15, -0.1) is 0 Å². The number of hydrogen-bond acceptors (Lipinski definition) is 1. The Labute approximate surface area is 32.6 Å². The summed E-state index contributed by atoms with van der Waals surface area (Å²) in [5.74, 6) is 0. The number of hydrogen-bond donors (Lipinski definition) is 1. The van der Waals surface area contributed by atoms with Crippen LogP contribution < -0.4 is 0 Å². The van der Waals surface area contributed by atoms with Crippen LogP contribution in [0, 0.1) is 6.92 Å². The minimum Gasteiger partial charge on any atom is -0.393 e. The molecular weight excluding hydrogens is 64.0 g/mol. The second-order valence-corrected chi connectivity index (χ2v) is 1.14. The van der Waals surface area contributed by atoms with Gasteiger partial charge in [0.15, 0.2) is 0 Å². The summed E-state index contributed by atoms with van der Waals surface area (Å²) in [6.07, 6.45) is 0.384. The van der Waals surface area contributed by atoms with Crippen molar-refractivity contribution in [1.29, 1.82) is 0 Å². The summed E-state index contributed by atoms with van der Waals surface area (Å²) in [5.41, 5.74) is 0. The van der Waals surface area contributed by atoms with E-state index in [1.807, 2.05) is 0 Å². The third-order valence-corrected chi connectivity index (χ3v) is 0.418. The van der Waals surface area contributed by atoms with Gasteiger partial charge in [-0.05, 0) is 13.3 Å². The van der Waals surface area contributed by atoms with Gasteiger partial charge >= 0.3 is 0 Å². The Balaban J connectivity index is 2.54. The quantitative estimate of drug-likeness (QED) is 0.481. The minimum atomic E-state index is -0.227. The molecule has 0 unspecified atom stereocenters. The van der Waals surface area contributed by atoms with E-state index >= 15 is 0 Å². The molecule has 0 bridgehead atoms. The molecule has 1 N–H and O–H groups in total. The van der Waals surface area contributed by atoms with Gasteiger partial charge in [0.25, 0.3) is 0 Å². The van der Waals surface area contributed by atoms with E-state index < -0.39 is 0 Å². The molecule has 0 heterocycles. The molecule has 0 aliphatic carbocycles. The Morgan fingerprint density at radius 2 is 2.20 bits per heavy atom. The molecule has 0 rings (SSSR count). The van der Waals surface area contributed by atoms with E-state index in [-0.39, 0.29) is 6.10 Å². The van der Waals surface area contributed by atoms with Crippen LogP contribution in [0.25, 0.3) is 0 Å². The van der Waals surface area contributed by atoms with Crippen LogP contribution in [0.15, 0.2) is 0 Å². The standard InChI is InChI=1S/C4H9O/c1-3-4(2)5/h4-5H,1,3H2,2H3/t4-/m0/s1. The average Bonchev–Trinajstić information content (AvgIpc) is 1.38. The molecule has 0 aromatic carbocycles. The first-order chi connectivity index (χ1) is 2.27. The normalized spacial score (nSPS) is 15.0. The predicted molar refractivity (Wildman–Crippen MR) is 21.7 cm³/mol. The fourth-order valence-electron chi connectivity index (χ4n) is 0. The maximum atomic E-state index is 8.30. The molecular formula is C4H9O. The summed E-state index contributed by atoms with van der Waals surface area (Å²) in [7, 11) is 0. The van der Waals surface area contributed by atoms with E-state index in [4.69, 9.17) is 5.11 Å². The summed E-state index contributed by atoms with van der Waals surface area (Å²) < 4.78 is 0. The van der Waals surface area contributed by atoms with Crippen molar-refractivity contribution in [2.45, 2.75) is 19.4 Å². The lowest BCUT2D eigenvalue weighted by Crippen LogP contribution is -1.93. The number of aliphatic hydroxyl groups is 1. The van der Waals surface area contributed by atoms with Gasteiger partial charge in [-0.1, -0.05) is 6.92 Å². The van der Waals surface area contributed by atoms with Gasteiger partial charge in [0.1, 0.15) is 0 Å². The highest BCUT2D eigenvalue weighted by Gasteiger charge is 1.81. The van der Waals surface area contributed by atoms with Crippen LogP contribution in [-0.4, -0.2) is 11.2 Å². The lowest BCUT2D eigenvalue weighted by molar-refractivity contribution is 0.198. The molecule has 1 heteroatoms. The molecule has 1 nitrogen and oxygen atoms in total. The second kappa shape index (κ2) is 2.21. The zero-order valence-electron chi connectivity index (χ0n) is 3.44. The highest BCUT2D eigenvalue weighted by atomic mass is 16.3. The zero-order chi connectivity index (χ0) is 4.28. The molecule has 1 atom stereocenters. The van der Waals surface area contributed by atoms with Crippen molar-refractivity contribution >= 4 is 0 Å². The van der Waals surface area contributed by atoms with E-state index in [1.54, 1.807) is 6.92 Å². The topological polar surface area (TPSA) is 20.2 Å². The molecule has 0 spiro atoms. The van der Waals surface area contributed by atoms with Gasteiger partial charge in [0.05, 0.1) is 6.10 Å². The fraction of sp³-hybridized carbons (Fsp3) is 0.750. The van der Waals surface area contributed by atoms with E-state index in [9.17, 15) is 0 Å². The van der Waals surface area contributed by atoms with E-state index in [0.29, 0.717) is 6.42 Å². The Hall–Kier alpha value is -0.0400. The van der Waals surface area contributed by atoms with Gasteiger partial charge in [-0.3, -0.25) is 0 Å². The van der Waals surface area contributed by atoms with Crippen molar-refractivity contribution in [3.63, 3.8) is 0 Å². The van der Waals surface area contributed by atoms with Crippen molar-refractivity contribution in [1.82, 2.24) is 0 Å². The van der Waals surface area contributed by atoms with Gasteiger partial charge in [-0.25, -0.2) is 0 Å². The smallest absolute Gasteiger partial charge is 0.0512 e. The van der Waals surface area contributed by atoms with E-state index in [2.05, 4.69) is 6.92 Å². The summed E-state index contributed by atoms with van der Waals surface area (Å²) >= 11 is 0. The molecule has 0 aromatic rings. The largest absolute Gasteiger partial charge is 0.393 e. The van der Waals surface area contributed by atoms with E-state index in [1.165, 1.54) is 0 Å². The summed E-state index contributed by atoms with van der Waals surface area (Å²) in [5, 5.41) is 8.30. The third-order valence-electron chi connectivity index (χ3n) is 0.418. The van der Waals surface area contributed by atoms with Crippen LogP contribution in [0.1, 0.15) is 13.3 Å². The first-order valence-electron chi connectivity index (χ1n) is 1.74. The van der Waals surface area contributed by atoms with Crippen molar-refractivity contribution < 1.29 is 5.11 Å². The molecule has 0 aliphatic heterocycles. The van der Waals surface area contributed by atoms with Crippen LogP contribution in [0.3, 0.4) is 0 Å². The molecule has 0 amide bonds. The average molecular weight is 73.1 g/mol. The molecule has 1 radical (unpaired) electrons. The zero-order valence-corrected chi connectivity index (χ0v) is 3.44. The summed E-state index contributed by atoms with van der Waals surface area (Å²) in [6, 6.07) is 0. The van der Waals surface area contributed by atoms with Gasteiger partial charge in [-0.2, -0.15) is 0 Å². The Morgan fingerprint density at radius 3 is 2.20 bits per heavy atom. The lowest BCUT2D eigenvalue weighted by Gasteiger charge is -1.90. The minimum absolute atomic E-state index is 0.227. The highest BCUT2D eigenvalue weighted by Crippen LogP contribution is 1.80. The van der Waals surface area contributed by atoms with Gasteiger partial charge in [0, 0.05) is 0 Å². The maximum absolute atomic E-state index is 8.30. The Bertz CT molecular complexity index is 17.6. The summed E-state index contributed by atoms with van der Waals surface area (Å²) in [6.45, 7) is 5.15. The SMILES string of the molecule is [CH2]C[C@H](C)O. The molecule has 0 aromatic heterocycles. The van der Waals surface area contributed by atoms with Crippen molar-refractivity contribution in [3.05, 3.63) is 6.92 Å². The second-order valence-electron chi connectivity index (χ2n) is 1.14. The molecule has 31 valence electrons. The lowest BCUT2D eigenvalue weighted by atomic mass is 10.3. The predicted octanol–water partition coefficient (Wildman–Crippen LogP) is 0.591. The number of aliphatic hydroxyl groups excluding tert-OH is 1. The first-order valence-corrected chi connectivity index (χ1v) is 1.74. The summed E-state index contributed by atoms with van der Waals surface area (Å²) in [4.78, 5) is 0. The highest BCUT2D eigenvalue weighted by molar-refractivity contribution is 4.44. The Morgan fingerprint density at radius 1 is 2.00 bits per heavy atom. The molecule has 5 heavy (non-hydrogen) atoms. The van der Waals surface area contributed by atoms with Crippen LogP contribution in [-0.2, 0) is 0 Å². The van der Waals surface area contributed by atoms with Gasteiger partial charge in [0.2, 0.25) is 0 Å². The number of rotatable bonds is 1. The van der Waals surface area contributed by atoms with Crippen LogP contribution in [0.5, 0.6) is 0 Å². The molecule has 0 fully saturated rings. The van der Waals surface area contributed by atoms with Gasteiger partial charge < -0.3 is 5.11 Å². The van der Waals surface area contributed by atoms with E-state index in [0.717, 1.165) is 0 Å². The fourth-order valence-corrected chi connectivity index (χ4v) is 0. The van der Waals surface area contributed by atoms with Crippen molar-refractivity contribution in [2.24, 2.45) is 0 Å². The first kappa shape index (κ1) is 4.96. The Kier molecular flexibility index (Phi) is 2.19. The van der Waals surface area contributed by atoms with Crippen LogP contribution in [0.2, 0.25) is 0 Å².